The van der Waals surface area contributed by atoms with E-state index in [0.717, 1.165) is 0 Å². The first kappa shape index (κ1) is 31.3. The van der Waals surface area contributed by atoms with Crippen molar-refractivity contribution in [2.45, 2.75) is 38.5 Å². The van der Waals surface area contributed by atoms with Crippen LogP contribution in [0, 0.1) is 0 Å². The van der Waals surface area contributed by atoms with Gasteiger partial charge >= 0.3 is 0 Å². The molecule has 0 aromatic heterocycles. The number of rotatable bonds is 3. The maximum absolute atomic E-state index is 2.48. The van der Waals surface area contributed by atoms with Gasteiger partial charge in [-0.2, -0.15) is 0 Å². The molecule has 9 aromatic rings. The average molecular weight is 689 g/mol. The Labute approximate surface area is 317 Å². The summed E-state index contributed by atoms with van der Waals surface area (Å²) in [5.74, 6) is 0. The minimum Gasteiger partial charge on any atom is -0.0619 e. The lowest BCUT2D eigenvalue weighted by Crippen LogP contribution is -2.18. The van der Waals surface area contributed by atoms with Crippen LogP contribution < -0.4 is 0 Å². The lowest BCUT2D eigenvalue weighted by atomic mass is 9.77. The van der Waals surface area contributed by atoms with Crippen molar-refractivity contribution >= 4 is 32.3 Å². The van der Waals surface area contributed by atoms with Crippen LogP contribution in [-0.2, 0) is 10.8 Å². The van der Waals surface area contributed by atoms with Gasteiger partial charge in [-0.15, -0.1) is 0 Å². The predicted molar refractivity (Wildman–Crippen MR) is 230 cm³/mol. The summed E-state index contributed by atoms with van der Waals surface area (Å²) in [6, 6.07) is 63.7. The second kappa shape index (κ2) is 11.1. The first-order chi connectivity index (χ1) is 26.3. The molecule has 0 saturated heterocycles. The summed E-state index contributed by atoms with van der Waals surface area (Å²) < 4.78 is 0. The highest BCUT2D eigenvalue weighted by Crippen LogP contribution is 2.59. The number of hydrogen-bond acceptors (Lipinski definition) is 0. The van der Waals surface area contributed by atoms with Crippen molar-refractivity contribution in [3.8, 4) is 55.6 Å². The highest BCUT2D eigenvalue weighted by atomic mass is 14.5. The van der Waals surface area contributed by atoms with Crippen LogP contribution in [0.2, 0.25) is 0 Å². The van der Waals surface area contributed by atoms with E-state index in [1.165, 1.54) is 110 Å². The highest BCUT2D eigenvalue weighted by molar-refractivity contribution is 6.23. The molecule has 9 aromatic carbocycles. The van der Waals surface area contributed by atoms with E-state index in [0.29, 0.717) is 0 Å². The molecule has 0 bridgehead atoms. The van der Waals surface area contributed by atoms with Crippen molar-refractivity contribution in [1.29, 1.82) is 0 Å². The lowest BCUT2D eigenvalue weighted by Gasteiger charge is -2.26. The monoisotopic (exact) mass is 688 g/mol. The normalized spacial score (nSPS) is 14.6. The van der Waals surface area contributed by atoms with E-state index >= 15 is 0 Å². The fraction of sp³-hybridized carbons (Fsp3) is 0.111. The molecule has 0 heteroatoms. The third-order valence-electron chi connectivity index (χ3n) is 12.8. The molecule has 256 valence electrons. The van der Waals surface area contributed by atoms with Crippen molar-refractivity contribution in [3.05, 3.63) is 192 Å². The van der Waals surface area contributed by atoms with Crippen molar-refractivity contribution in [3.63, 3.8) is 0 Å². The predicted octanol–water partition coefficient (Wildman–Crippen LogP) is 14.8. The Balaban J connectivity index is 1.08. The van der Waals surface area contributed by atoms with Gasteiger partial charge in [0.05, 0.1) is 0 Å². The van der Waals surface area contributed by atoms with E-state index in [9.17, 15) is 0 Å². The van der Waals surface area contributed by atoms with Gasteiger partial charge in [0.1, 0.15) is 0 Å². The summed E-state index contributed by atoms with van der Waals surface area (Å²) in [6.45, 7) is 9.63. The molecule has 0 heterocycles. The van der Waals surface area contributed by atoms with Gasteiger partial charge in [-0.25, -0.2) is 0 Å². The first-order valence-electron chi connectivity index (χ1n) is 19.3. The summed E-state index contributed by atoms with van der Waals surface area (Å²) >= 11 is 0. The van der Waals surface area contributed by atoms with Gasteiger partial charge < -0.3 is 0 Å². The van der Waals surface area contributed by atoms with Crippen LogP contribution in [0.5, 0.6) is 0 Å². The molecule has 0 aliphatic heterocycles. The largest absolute Gasteiger partial charge is 0.0619 e. The maximum atomic E-state index is 2.48. The molecule has 0 atom stereocenters. The molecule has 0 spiro atoms. The Kier molecular flexibility index (Phi) is 6.46. The highest BCUT2D eigenvalue weighted by Gasteiger charge is 2.44. The minimum atomic E-state index is -0.138. The Bertz CT molecular complexity index is 2980. The summed E-state index contributed by atoms with van der Waals surface area (Å²) in [5, 5.41) is 7.66. The molecule has 0 saturated carbocycles. The number of fused-ring (bicyclic) bond motifs is 10. The third kappa shape index (κ3) is 4.20. The Morgan fingerprint density at radius 2 is 0.852 bits per heavy atom. The molecule has 0 radical (unpaired) electrons. The summed E-state index contributed by atoms with van der Waals surface area (Å²) in [5.41, 5.74) is 18.8. The van der Waals surface area contributed by atoms with Gasteiger partial charge in [-0.05, 0) is 122 Å². The summed E-state index contributed by atoms with van der Waals surface area (Å²) in [4.78, 5) is 0. The Morgan fingerprint density at radius 3 is 1.61 bits per heavy atom. The SMILES string of the molecule is CC1(C)c2ccccc2-c2c1ccc1c2C(C)(C)c2cc(-c3cccc(-c4c5ccccc5c(-c5cccc6ccccc56)c5ccccc45)c3)ccc2-1. The molecule has 0 amide bonds. The first-order valence-corrected chi connectivity index (χ1v) is 19.3. The zero-order valence-corrected chi connectivity index (χ0v) is 31.2. The average Bonchev–Trinajstić information content (AvgIpc) is 3.59. The number of benzene rings is 9. The fourth-order valence-corrected chi connectivity index (χ4v) is 10.3. The zero-order valence-electron chi connectivity index (χ0n) is 31.2. The standard InChI is InChI=1S/C54H40/c1-53(2)46-26-12-11-24-45(46)51-47(53)30-29-44-38-28-27-35(32-48(38)54(3,4)52(44)51)34-17-13-18-36(31-34)49-40-20-7-9-22-42(40)50(43-23-10-8-21-41(43)49)39-25-14-16-33-15-5-6-19-37(33)39/h5-32H,1-4H3. The molecule has 0 fully saturated rings. The Morgan fingerprint density at radius 1 is 0.296 bits per heavy atom. The second-order valence-electron chi connectivity index (χ2n) is 16.4. The lowest BCUT2D eigenvalue weighted by molar-refractivity contribution is 0.647. The van der Waals surface area contributed by atoms with Crippen LogP contribution in [0.1, 0.15) is 49.9 Å². The van der Waals surface area contributed by atoms with Crippen LogP contribution >= 0.6 is 0 Å². The molecule has 0 N–H and O–H groups in total. The van der Waals surface area contributed by atoms with E-state index in [1.54, 1.807) is 0 Å². The van der Waals surface area contributed by atoms with Crippen LogP contribution in [0.15, 0.2) is 170 Å². The van der Waals surface area contributed by atoms with Gasteiger partial charge in [0.25, 0.3) is 0 Å². The number of hydrogen-bond donors (Lipinski definition) is 0. The maximum Gasteiger partial charge on any atom is 0.0165 e. The molecule has 0 unspecified atom stereocenters. The van der Waals surface area contributed by atoms with Crippen molar-refractivity contribution in [1.82, 2.24) is 0 Å². The Hall–Kier alpha value is -6.24. The topological polar surface area (TPSA) is 0 Å². The van der Waals surface area contributed by atoms with Crippen LogP contribution in [0.3, 0.4) is 0 Å². The fourth-order valence-electron chi connectivity index (χ4n) is 10.3. The molecular weight excluding hydrogens is 649 g/mol. The van der Waals surface area contributed by atoms with Gasteiger partial charge in [-0.3, -0.25) is 0 Å². The van der Waals surface area contributed by atoms with E-state index in [-0.39, 0.29) is 10.8 Å². The van der Waals surface area contributed by atoms with Crippen LogP contribution in [0.25, 0.3) is 88.0 Å². The molecular formula is C54H40. The molecule has 0 nitrogen and oxygen atoms in total. The van der Waals surface area contributed by atoms with Crippen molar-refractivity contribution < 1.29 is 0 Å². The van der Waals surface area contributed by atoms with Gasteiger partial charge in [0, 0.05) is 10.8 Å². The van der Waals surface area contributed by atoms with Crippen molar-refractivity contribution in [2.75, 3.05) is 0 Å². The zero-order chi connectivity index (χ0) is 36.3. The van der Waals surface area contributed by atoms with E-state index in [2.05, 4.69) is 198 Å². The molecule has 54 heavy (non-hydrogen) atoms. The second-order valence-corrected chi connectivity index (χ2v) is 16.4. The van der Waals surface area contributed by atoms with E-state index < -0.39 is 0 Å². The summed E-state index contributed by atoms with van der Waals surface area (Å²) in [7, 11) is 0. The molecule has 2 aliphatic carbocycles. The van der Waals surface area contributed by atoms with Crippen LogP contribution in [0.4, 0.5) is 0 Å². The molecule has 11 rings (SSSR count). The smallest absolute Gasteiger partial charge is 0.0165 e. The van der Waals surface area contributed by atoms with Gasteiger partial charge in [0.2, 0.25) is 0 Å². The van der Waals surface area contributed by atoms with Crippen LogP contribution in [-0.4, -0.2) is 0 Å². The quantitative estimate of drug-likeness (QED) is 0.162. The minimum absolute atomic E-state index is 0.0150. The van der Waals surface area contributed by atoms with Gasteiger partial charge in [0.15, 0.2) is 0 Å². The molecule has 2 aliphatic rings. The van der Waals surface area contributed by atoms with E-state index in [1.807, 2.05) is 0 Å². The van der Waals surface area contributed by atoms with E-state index in [4.69, 9.17) is 0 Å². The van der Waals surface area contributed by atoms with Gasteiger partial charge in [-0.1, -0.05) is 185 Å². The summed E-state index contributed by atoms with van der Waals surface area (Å²) in [6.07, 6.45) is 0. The van der Waals surface area contributed by atoms with Crippen molar-refractivity contribution in [2.24, 2.45) is 0 Å². The third-order valence-corrected chi connectivity index (χ3v) is 12.8.